The Bertz CT molecular complexity index is 467. The van der Waals surface area contributed by atoms with E-state index in [1.54, 1.807) is 19.3 Å². The molecule has 2 heterocycles. The fourth-order valence-corrected chi connectivity index (χ4v) is 2.03. The molecule has 5 nitrogen and oxygen atoms in total. The number of carbonyl (C=O) groups is 1. The van der Waals surface area contributed by atoms with Gasteiger partial charge in [-0.15, -0.1) is 12.4 Å². The van der Waals surface area contributed by atoms with Crippen molar-refractivity contribution in [2.24, 2.45) is 7.05 Å². The van der Waals surface area contributed by atoms with Crippen molar-refractivity contribution in [2.45, 2.75) is 25.3 Å². The lowest BCUT2D eigenvalue weighted by molar-refractivity contribution is -0.116. The molecule has 1 amide bonds. The Hall–Kier alpha value is -1.33. The number of nitrogens with one attached hydrogen (secondary N) is 2. The third-order valence-electron chi connectivity index (χ3n) is 2.96. The Morgan fingerprint density at radius 1 is 1.56 bits per heavy atom. The van der Waals surface area contributed by atoms with E-state index in [9.17, 15) is 9.59 Å². The van der Waals surface area contributed by atoms with E-state index in [1.165, 1.54) is 10.6 Å². The number of carbonyl (C=O) groups excluding carboxylic acids is 1. The van der Waals surface area contributed by atoms with Crippen molar-refractivity contribution < 1.29 is 4.79 Å². The van der Waals surface area contributed by atoms with Crippen LogP contribution in [-0.2, 0) is 11.8 Å². The number of halogens is 1. The Kier molecular flexibility index (Phi) is 5.37. The summed E-state index contributed by atoms with van der Waals surface area (Å²) < 4.78 is 1.45. The average molecular weight is 272 g/mol. The summed E-state index contributed by atoms with van der Waals surface area (Å²) in [6.07, 6.45) is 4.31. The zero-order valence-electron chi connectivity index (χ0n) is 10.3. The summed E-state index contributed by atoms with van der Waals surface area (Å²) >= 11 is 0. The zero-order chi connectivity index (χ0) is 12.3. The summed E-state index contributed by atoms with van der Waals surface area (Å²) in [5.74, 6) is -0.0111. The van der Waals surface area contributed by atoms with Gasteiger partial charge in [0.2, 0.25) is 11.5 Å². The van der Waals surface area contributed by atoms with Gasteiger partial charge in [0.15, 0.2) is 0 Å². The maximum Gasteiger partial charge on any atom is 0.250 e. The van der Waals surface area contributed by atoms with Gasteiger partial charge >= 0.3 is 0 Å². The number of aromatic nitrogens is 1. The summed E-state index contributed by atoms with van der Waals surface area (Å²) in [6.45, 7) is 0.998. The molecule has 0 bridgehead atoms. The molecule has 6 heteroatoms. The summed E-state index contributed by atoms with van der Waals surface area (Å²) in [5, 5.41) is 6.08. The quantitative estimate of drug-likeness (QED) is 0.858. The van der Waals surface area contributed by atoms with Crippen molar-refractivity contribution in [3.63, 3.8) is 0 Å². The Labute approximate surface area is 112 Å². The highest BCUT2D eigenvalue weighted by Gasteiger charge is 2.17. The summed E-state index contributed by atoms with van der Waals surface area (Å²) in [4.78, 5) is 22.9. The molecule has 1 aromatic heterocycles. The van der Waals surface area contributed by atoms with E-state index in [1.807, 2.05) is 0 Å². The smallest absolute Gasteiger partial charge is 0.250 e. The van der Waals surface area contributed by atoms with Crippen LogP contribution in [0.4, 0.5) is 5.69 Å². The normalized spacial score (nSPS) is 18.2. The van der Waals surface area contributed by atoms with E-state index >= 15 is 0 Å². The summed E-state index contributed by atoms with van der Waals surface area (Å²) in [6, 6.07) is 3.37. The van der Waals surface area contributed by atoms with Crippen LogP contribution in [-0.4, -0.2) is 23.1 Å². The number of rotatable bonds is 3. The fraction of sp³-hybridized carbons (Fsp3) is 0.500. The van der Waals surface area contributed by atoms with Crippen LogP contribution in [0.15, 0.2) is 23.1 Å². The SMILES string of the molecule is Cl.Cn1cc(NC(=O)CC2CCCN2)ccc1=O. The second-order valence-corrected chi connectivity index (χ2v) is 4.41. The lowest BCUT2D eigenvalue weighted by atomic mass is 10.1. The molecule has 18 heavy (non-hydrogen) atoms. The minimum Gasteiger partial charge on any atom is -0.325 e. The first-order valence-electron chi connectivity index (χ1n) is 5.85. The summed E-state index contributed by atoms with van der Waals surface area (Å²) in [5.41, 5.74) is 0.579. The van der Waals surface area contributed by atoms with Gasteiger partial charge in [0.25, 0.3) is 0 Å². The van der Waals surface area contributed by atoms with Gasteiger partial charge in [-0.25, -0.2) is 0 Å². The van der Waals surface area contributed by atoms with Crippen LogP contribution in [0.2, 0.25) is 0 Å². The first-order chi connectivity index (χ1) is 8.15. The van der Waals surface area contributed by atoms with E-state index in [-0.39, 0.29) is 23.9 Å². The first-order valence-corrected chi connectivity index (χ1v) is 5.85. The molecule has 0 aliphatic carbocycles. The average Bonchev–Trinajstić information content (AvgIpc) is 2.76. The molecule has 100 valence electrons. The highest BCUT2D eigenvalue weighted by atomic mass is 35.5. The van der Waals surface area contributed by atoms with Crippen LogP contribution in [0.5, 0.6) is 0 Å². The predicted octanol–water partition coefficient (Wildman–Crippen LogP) is 0.888. The molecule has 0 spiro atoms. The number of amides is 1. The standard InChI is InChI=1S/C12H17N3O2.ClH/c1-15-8-10(4-5-12(15)17)14-11(16)7-9-3-2-6-13-9;/h4-5,8-9,13H,2-3,6-7H2,1H3,(H,14,16);1H. The van der Waals surface area contributed by atoms with Crippen LogP contribution in [0, 0.1) is 0 Å². The minimum absolute atomic E-state index is 0. The monoisotopic (exact) mass is 271 g/mol. The number of aryl methyl sites for hydroxylation is 1. The number of hydrogen-bond donors (Lipinski definition) is 2. The lowest BCUT2D eigenvalue weighted by Crippen LogP contribution is -2.27. The van der Waals surface area contributed by atoms with Crippen molar-refractivity contribution in [3.05, 3.63) is 28.7 Å². The largest absolute Gasteiger partial charge is 0.325 e. The maximum atomic E-state index is 11.7. The molecule has 1 saturated heterocycles. The molecule has 1 aliphatic rings. The molecule has 2 rings (SSSR count). The molecule has 1 atom stereocenters. The van der Waals surface area contributed by atoms with E-state index < -0.39 is 0 Å². The highest BCUT2D eigenvalue weighted by Crippen LogP contribution is 2.10. The Morgan fingerprint density at radius 2 is 2.33 bits per heavy atom. The van der Waals surface area contributed by atoms with E-state index in [4.69, 9.17) is 0 Å². The molecule has 2 N–H and O–H groups in total. The van der Waals surface area contributed by atoms with Crippen LogP contribution >= 0.6 is 12.4 Å². The maximum absolute atomic E-state index is 11.7. The predicted molar refractivity (Wildman–Crippen MR) is 73.2 cm³/mol. The topological polar surface area (TPSA) is 63.1 Å². The molecule has 1 aromatic rings. The third kappa shape index (κ3) is 3.85. The molecule has 1 fully saturated rings. The third-order valence-corrected chi connectivity index (χ3v) is 2.96. The number of hydrogen-bond acceptors (Lipinski definition) is 3. The van der Waals surface area contributed by atoms with Crippen LogP contribution in [0.25, 0.3) is 0 Å². The molecule has 0 radical (unpaired) electrons. The minimum atomic E-state index is -0.0829. The molecule has 0 aromatic carbocycles. The van der Waals surface area contributed by atoms with E-state index in [2.05, 4.69) is 10.6 Å². The van der Waals surface area contributed by atoms with Crippen molar-refractivity contribution >= 4 is 24.0 Å². The Morgan fingerprint density at radius 3 is 2.94 bits per heavy atom. The van der Waals surface area contributed by atoms with Gasteiger partial charge < -0.3 is 15.2 Å². The molecular formula is C12H18ClN3O2. The van der Waals surface area contributed by atoms with Gasteiger partial charge in [-0.05, 0) is 25.5 Å². The molecular weight excluding hydrogens is 254 g/mol. The molecule has 1 unspecified atom stereocenters. The number of nitrogens with zero attached hydrogens (tertiary/aromatic N) is 1. The zero-order valence-corrected chi connectivity index (χ0v) is 11.1. The Balaban J connectivity index is 0.00000162. The van der Waals surface area contributed by atoms with Gasteiger partial charge in [-0.1, -0.05) is 0 Å². The van der Waals surface area contributed by atoms with Crippen LogP contribution in [0.1, 0.15) is 19.3 Å². The molecule has 1 aliphatic heterocycles. The van der Waals surface area contributed by atoms with Gasteiger partial charge in [-0.2, -0.15) is 0 Å². The van der Waals surface area contributed by atoms with Crippen molar-refractivity contribution in [3.8, 4) is 0 Å². The van der Waals surface area contributed by atoms with Crippen LogP contribution in [0.3, 0.4) is 0 Å². The van der Waals surface area contributed by atoms with E-state index in [0.717, 1.165) is 19.4 Å². The van der Waals surface area contributed by atoms with Crippen LogP contribution < -0.4 is 16.2 Å². The van der Waals surface area contributed by atoms with Gasteiger partial charge in [0, 0.05) is 31.8 Å². The first kappa shape index (κ1) is 14.7. The molecule has 0 saturated carbocycles. The summed E-state index contributed by atoms with van der Waals surface area (Å²) in [7, 11) is 1.66. The van der Waals surface area contributed by atoms with Crippen molar-refractivity contribution in [1.82, 2.24) is 9.88 Å². The van der Waals surface area contributed by atoms with E-state index in [0.29, 0.717) is 18.2 Å². The number of anilines is 1. The lowest BCUT2D eigenvalue weighted by Gasteiger charge is -2.10. The van der Waals surface area contributed by atoms with Crippen molar-refractivity contribution in [2.75, 3.05) is 11.9 Å². The second kappa shape index (κ2) is 6.56. The van der Waals surface area contributed by atoms with Gasteiger partial charge in [0.05, 0.1) is 5.69 Å². The van der Waals surface area contributed by atoms with Gasteiger partial charge in [0.1, 0.15) is 0 Å². The fourth-order valence-electron chi connectivity index (χ4n) is 2.03. The number of pyridine rings is 1. The highest BCUT2D eigenvalue weighted by molar-refractivity contribution is 5.90. The second-order valence-electron chi connectivity index (χ2n) is 4.41. The van der Waals surface area contributed by atoms with Crippen molar-refractivity contribution in [1.29, 1.82) is 0 Å². The van der Waals surface area contributed by atoms with Gasteiger partial charge in [-0.3, -0.25) is 9.59 Å².